The van der Waals surface area contributed by atoms with Crippen molar-refractivity contribution in [3.63, 3.8) is 0 Å². The third-order valence-corrected chi connectivity index (χ3v) is 1.99. The van der Waals surface area contributed by atoms with Crippen molar-refractivity contribution >= 4 is 5.91 Å². The van der Waals surface area contributed by atoms with Crippen LogP contribution in [0.4, 0.5) is 4.39 Å². The standard InChI is InChI=1S/C12H13FN2O/c1-3-7-15(8-4-2)12(16)10-5-6-14-9-11(10)13/h3-6,9H,1-2,7-8H2. The molecule has 1 aromatic heterocycles. The first-order valence-corrected chi connectivity index (χ1v) is 4.81. The van der Waals surface area contributed by atoms with Gasteiger partial charge in [0.25, 0.3) is 5.91 Å². The van der Waals surface area contributed by atoms with E-state index < -0.39 is 5.82 Å². The van der Waals surface area contributed by atoms with E-state index in [0.29, 0.717) is 13.1 Å². The fourth-order valence-electron chi connectivity index (χ4n) is 1.27. The van der Waals surface area contributed by atoms with Crippen LogP contribution >= 0.6 is 0 Å². The Balaban J connectivity index is 2.94. The number of amides is 1. The Morgan fingerprint density at radius 3 is 2.56 bits per heavy atom. The summed E-state index contributed by atoms with van der Waals surface area (Å²) in [5.74, 6) is -1.01. The molecule has 1 heterocycles. The Bertz CT molecular complexity index is 394. The minimum absolute atomic E-state index is 0.0127. The molecule has 0 atom stereocenters. The fourth-order valence-corrected chi connectivity index (χ4v) is 1.27. The number of carbonyl (C=O) groups excluding carboxylic acids is 1. The first-order valence-electron chi connectivity index (χ1n) is 4.81. The molecule has 3 nitrogen and oxygen atoms in total. The molecule has 0 saturated carbocycles. The molecule has 0 saturated heterocycles. The van der Waals surface area contributed by atoms with Gasteiger partial charge in [-0.1, -0.05) is 12.2 Å². The van der Waals surface area contributed by atoms with Gasteiger partial charge in [0.15, 0.2) is 5.82 Å². The van der Waals surface area contributed by atoms with E-state index >= 15 is 0 Å². The zero-order valence-corrected chi connectivity index (χ0v) is 8.90. The predicted octanol–water partition coefficient (Wildman–Crippen LogP) is 2.03. The quantitative estimate of drug-likeness (QED) is 0.711. The lowest BCUT2D eigenvalue weighted by atomic mass is 10.2. The largest absolute Gasteiger partial charge is 0.331 e. The summed E-state index contributed by atoms with van der Waals surface area (Å²) < 4.78 is 13.3. The van der Waals surface area contributed by atoms with Crippen LogP contribution in [0.25, 0.3) is 0 Å². The molecule has 0 spiro atoms. The van der Waals surface area contributed by atoms with Gasteiger partial charge in [-0.2, -0.15) is 0 Å². The second-order valence-corrected chi connectivity index (χ2v) is 3.14. The van der Waals surface area contributed by atoms with E-state index in [1.54, 1.807) is 12.2 Å². The molecule has 1 aromatic rings. The summed E-state index contributed by atoms with van der Waals surface area (Å²) in [4.78, 5) is 16.9. The number of nitrogens with zero attached hydrogens (tertiary/aromatic N) is 2. The Kier molecular flexibility index (Phi) is 4.39. The van der Waals surface area contributed by atoms with Gasteiger partial charge in [-0.25, -0.2) is 4.39 Å². The molecule has 1 amide bonds. The minimum Gasteiger partial charge on any atom is -0.331 e. The van der Waals surface area contributed by atoms with Gasteiger partial charge in [-0.15, -0.1) is 13.2 Å². The topological polar surface area (TPSA) is 33.2 Å². The average Bonchev–Trinajstić information content (AvgIpc) is 2.28. The van der Waals surface area contributed by atoms with Crippen molar-refractivity contribution in [1.82, 2.24) is 9.88 Å². The second kappa shape index (κ2) is 5.80. The number of pyridine rings is 1. The molecule has 0 bridgehead atoms. The molecule has 0 aliphatic rings. The molecule has 1 rings (SSSR count). The van der Waals surface area contributed by atoms with Crippen LogP contribution in [0.3, 0.4) is 0 Å². The highest BCUT2D eigenvalue weighted by Gasteiger charge is 2.16. The Morgan fingerprint density at radius 1 is 1.44 bits per heavy atom. The molecule has 0 aliphatic heterocycles. The van der Waals surface area contributed by atoms with Crippen LogP contribution in [-0.4, -0.2) is 28.9 Å². The van der Waals surface area contributed by atoms with Gasteiger partial charge in [0.05, 0.1) is 11.8 Å². The van der Waals surface area contributed by atoms with Gasteiger partial charge in [0.1, 0.15) is 0 Å². The first kappa shape index (κ1) is 12.1. The van der Waals surface area contributed by atoms with E-state index in [2.05, 4.69) is 18.1 Å². The molecular formula is C12H13FN2O. The van der Waals surface area contributed by atoms with Gasteiger partial charge in [-0.3, -0.25) is 9.78 Å². The van der Waals surface area contributed by atoms with Crippen LogP contribution < -0.4 is 0 Å². The highest BCUT2D eigenvalue weighted by atomic mass is 19.1. The average molecular weight is 220 g/mol. The van der Waals surface area contributed by atoms with Crippen molar-refractivity contribution in [3.05, 3.63) is 55.2 Å². The SMILES string of the molecule is C=CCN(CC=C)C(=O)c1ccncc1F. The highest BCUT2D eigenvalue weighted by Crippen LogP contribution is 2.08. The van der Waals surface area contributed by atoms with Crippen molar-refractivity contribution in [3.8, 4) is 0 Å². The van der Waals surface area contributed by atoms with Crippen LogP contribution in [0.2, 0.25) is 0 Å². The van der Waals surface area contributed by atoms with Crippen LogP contribution in [-0.2, 0) is 0 Å². The lowest BCUT2D eigenvalue weighted by molar-refractivity contribution is 0.0786. The molecule has 0 unspecified atom stereocenters. The van der Waals surface area contributed by atoms with Crippen LogP contribution in [0.15, 0.2) is 43.8 Å². The summed E-state index contributed by atoms with van der Waals surface area (Å²) in [5, 5.41) is 0. The highest BCUT2D eigenvalue weighted by molar-refractivity contribution is 5.94. The fraction of sp³-hybridized carbons (Fsp3) is 0.167. The number of hydrogen-bond donors (Lipinski definition) is 0. The smallest absolute Gasteiger partial charge is 0.257 e. The zero-order valence-electron chi connectivity index (χ0n) is 8.90. The molecule has 0 N–H and O–H groups in total. The van der Waals surface area contributed by atoms with Crippen molar-refractivity contribution in [2.45, 2.75) is 0 Å². The first-order chi connectivity index (χ1) is 7.70. The Labute approximate surface area is 93.9 Å². The molecule has 0 fully saturated rings. The zero-order chi connectivity index (χ0) is 12.0. The molecule has 4 heteroatoms. The molecule has 0 aliphatic carbocycles. The van der Waals surface area contributed by atoms with Crippen molar-refractivity contribution in [2.24, 2.45) is 0 Å². The monoisotopic (exact) mass is 220 g/mol. The lowest BCUT2D eigenvalue weighted by Crippen LogP contribution is -2.31. The Morgan fingerprint density at radius 2 is 2.06 bits per heavy atom. The maximum absolute atomic E-state index is 13.3. The van der Waals surface area contributed by atoms with E-state index in [1.807, 2.05) is 0 Å². The number of aromatic nitrogens is 1. The van der Waals surface area contributed by atoms with Gasteiger partial charge >= 0.3 is 0 Å². The summed E-state index contributed by atoms with van der Waals surface area (Å²) in [5.41, 5.74) is 0.0127. The summed E-state index contributed by atoms with van der Waals surface area (Å²) >= 11 is 0. The van der Waals surface area contributed by atoms with Crippen LogP contribution in [0, 0.1) is 5.82 Å². The normalized spacial score (nSPS) is 9.56. The maximum atomic E-state index is 13.3. The van der Waals surface area contributed by atoms with Gasteiger partial charge in [-0.05, 0) is 6.07 Å². The minimum atomic E-state index is -0.620. The van der Waals surface area contributed by atoms with Crippen molar-refractivity contribution < 1.29 is 9.18 Å². The molecule has 84 valence electrons. The molecule has 0 radical (unpaired) electrons. The van der Waals surface area contributed by atoms with Crippen molar-refractivity contribution in [1.29, 1.82) is 0 Å². The van der Waals surface area contributed by atoms with Crippen molar-refractivity contribution in [2.75, 3.05) is 13.1 Å². The van der Waals surface area contributed by atoms with Gasteiger partial charge in [0, 0.05) is 19.3 Å². The third-order valence-electron chi connectivity index (χ3n) is 1.99. The number of carbonyl (C=O) groups is 1. The summed E-state index contributed by atoms with van der Waals surface area (Å²) in [6.07, 6.45) is 5.57. The number of halogens is 1. The van der Waals surface area contributed by atoms with Gasteiger partial charge in [0.2, 0.25) is 0 Å². The second-order valence-electron chi connectivity index (χ2n) is 3.14. The third kappa shape index (κ3) is 2.76. The van der Waals surface area contributed by atoms with E-state index in [-0.39, 0.29) is 11.5 Å². The van der Waals surface area contributed by atoms with Gasteiger partial charge < -0.3 is 4.90 Å². The molecular weight excluding hydrogens is 207 g/mol. The number of hydrogen-bond acceptors (Lipinski definition) is 2. The number of rotatable bonds is 5. The summed E-state index contributed by atoms with van der Waals surface area (Å²) in [7, 11) is 0. The van der Waals surface area contributed by atoms with E-state index in [9.17, 15) is 9.18 Å². The molecule has 0 aromatic carbocycles. The lowest BCUT2D eigenvalue weighted by Gasteiger charge is -2.19. The summed E-state index contributed by atoms with van der Waals surface area (Å²) in [6, 6.07) is 1.36. The summed E-state index contributed by atoms with van der Waals surface area (Å²) in [6.45, 7) is 7.80. The maximum Gasteiger partial charge on any atom is 0.257 e. The predicted molar refractivity (Wildman–Crippen MR) is 60.5 cm³/mol. The van der Waals surface area contributed by atoms with Crippen LogP contribution in [0.1, 0.15) is 10.4 Å². The van der Waals surface area contributed by atoms with Crippen LogP contribution in [0.5, 0.6) is 0 Å². The Hall–Kier alpha value is -1.97. The molecule has 16 heavy (non-hydrogen) atoms. The van der Waals surface area contributed by atoms with E-state index in [1.165, 1.54) is 17.2 Å². The van der Waals surface area contributed by atoms with E-state index in [4.69, 9.17) is 0 Å². The van der Waals surface area contributed by atoms with E-state index in [0.717, 1.165) is 6.20 Å².